The molecule has 0 amide bonds. The SMILES string of the molecule is CCCOc1ccccc1C(N)(CC)CC. The zero-order valence-electron chi connectivity index (χ0n) is 10.6. The maximum atomic E-state index is 6.41. The normalized spacial score (nSPS) is 11.5. The molecule has 0 aliphatic carbocycles. The average molecular weight is 221 g/mol. The molecule has 2 nitrogen and oxygen atoms in total. The van der Waals surface area contributed by atoms with E-state index in [1.807, 2.05) is 18.2 Å². The fourth-order valence-electron chi connectivity index (χ4n) is 1.85. The number of para-hydroxylation sites is 1. The summed E-state index contributed by atoms with van der Waals surface area (Å²) in [5.74, 6) is 0.940. The van der Waals surface area contributed by atoms with E-state index in [-0.39, 0.29) is 5.54 Å². The summed E-state index contributed by atoms with van der Waals surface area (Å²) >= 11 is 0. The number of rotatable bonds is 6. The molecule has 0 aliphatic heterocycles. The van der Waals surface area contributed by atoms with E-state index in [1.165, 1.54) is 0 Å². The summed E-state index contributed by atoms with van der Waals surface area (Å²) in [4.78, 5) is 0. The molecule has 0 aliphatic rings. The molecule has 2 N–H and O–H groups in total. The monoisotopic (exact) mass is 221 g/mol. The minimum atomic E-state index is -0.260. The molecule has 0 heterocycles. The molecule has 90 valence electrons. The summed E-state index contributed by atoms with van der Waals surface area (Å²) in [5.41, 5.74) is 7.28. The molecule has 0 bridgehead atoms. The molecule has 0 spiro atoms. The Balaban J connectivity index is 3.01. The minimum absolute atomic E-state index is 0.260. The quantitative estimate of drug-likeness (QED) is 0.798. The lowest BCUT2D eigenvalue weighted by molar-refractivity contribution is 0.299. The second-order valence-corrected chi connectivity index (χ2v) is 4.21. The maximum Gasteiger partial charge on any atom is 0.124 e. The van der Waals surface area contributed by atoms with Gasteiger partial charge in [-0.2, -0.15) is 0 Å². The zero-order chi connectivity index (χ0) is 12.0. The van der Waals surface area contributed by atoms with Crippen molar-refractivity contribution in [1.29, 1.82) is 0 Å². The van der Waals surface area contributed by atoms with Crippen LogP contribution in [-0.4, -0.2) is 6.61 Å². The number of ether oxygens (including phenoxy) is 1. The number of hydrogen-bond acceptors (Lipinski definition) is 2. The van der Waals surface area contributed by atoms with Crippen molar-refractivity contribution in [3.8, 4) is 5.75 Å². The van der Waals surface area contributed by atoms with Crippen LogP contribution in [0.15, 0.2) is 24.3 Å². The van der Waals surface area contributed by atoms with Crippen LogP contribution in [0.1, 0.15) is 45.6 Å². The van der Waals surface area contributed by atoms with Crippen molar-refractivity contribution in [3.63, 3.8) is 0 Å². The first-order valence-corrected chi connectivity index (χ1v) is 6.19. The molecule has 0 atom stereocenters. The van der Waals surface area contributed by atoms with Gasteiger partial charge in [-0.3, -0.25) is 0 Å². The second kappa shape index (κ2) is 5.90. The van der Waals surface area contributed by atoms with Gasteiger partial charge in [0.2, 0.25) is 0 Å². The Morgan fingerprint density at radius 2 is 1.75 bits per heavy atom. The van der Waals surface area contributed by atoms with Crippen LogP contribution in [0, 0.1) is 0 Å². The molecule has 1 rings (SSSR count). The third-order valence-electron chi connectivity index (χ3n) is 3.15. The Hall–Kier alpha value is -1.02. The lowest BCUT2D eigenvalue weighted by atomic mass is 9.85. The van der Waals surface area contributed by atoms with Gasteiger partial charge in [-0.15, -0.1) is 0 Å². The van der Waals surface area contributed by atoms with E-state index in [1.54, 1.807) is 0 Å². The van der Waals surface area contributed by atoms with Gasteiger partial charge in [-0.1, -0.05) is 39.0 Å². The standard InChI is InChI=1S/C14H23NO/c1-4-11-16-13-10-8-7-9-12(13)14(15,5-2)6-3/h7-10H,4-6,11,15H2,1-3H3. The van der Waals surface area contributed by atoms with Crippen LogP contribution in [-0.2, 0) is 5.54 Å². The Morgan fingerprint density at radius 1 is 1.12 bits per heavy atom. The van der Waals surface area contributed by atoms with Crippen LogP contribution in [0.25, 0.3) is 0 Å². The van der Waals surface area contributed by atoms with E-state index >= 15 is 0 Å². The second-order valence-electron chi connectivity index (χ2n) is 4.21. The van der Waals surface area contributed by atoms with Gasteiger partial charge in [0, 0.05) is 11.1 Å². The Kier molecular flexibility index (Phi) is 4.81. The zero-order valence-corrected chi connectivity index (χ0v) is 10.6. The van der Waals surface area contributed by atoms with Crippen molar-refractivity contribution in [2.45, 2.75) is 45.6 Å². The van der Waals surface area contributed by atoms with Gasteiger partial charge in [0.25, 0.3) is 0 Å². The van der Waals surface area contributed by atoms with E-state index in [4.69, 9.17) is 10.5 Å². The number of benzene rings is 1. The molecular formula is C14H23NO. The molecule has 0 fully saturated rings. The molecule has 0 aromatic heterocycles. The highest BCUT2D eigenvalue weighted by atomic mass is 16.5. The first-order valence-electron chi connectivity index (χ1n) is 6.19. The summed E-state index contributed by atoms with van der Waals surface area (Å²) < 4.78 is 5.76. The molecule has 0 radical (unpaired) electrons. The fourth-order valence-corrected chi connectivity index (χ4v) is 1.85. The van der Waals surface area contributed by atoms with E-state index in [0.29, 0.717) is 0 Å². The van der Waals surface area contributed by atoms with Crippen LogP contribution in [0.2, 0.25) is 0 Å². The number of nitrogens with two attached hydrogens (primary N) is 1. The minimum Gasteiger partial charge on any atom is -0.493 e. The fraction of sp³-hybridized carbons (Fsp3) is 0.571. The highest BCUT2D eigenvalue weighted by molar-refractivity contribution is 5.38. The van der Waals surface area contributed by atoms with Crippen LogP contribution in [0.3, 0.4) is 0 Å². The largest absolute Gasteiger partial charge is 0.493 e. The van der Waals surface area contributed by atoms with Gasteiger partial charge in [-0.25, -0.2) is 0 Å². The Morgan fingerprint density at radius 3 is 2.31 bits per heavy atom. The van der Waals surface area contributed by atoms with Crippen molar-refractivity contribution in [2.75, 3.05) is 6.61 Å². The topological polar surface area (TPSA) is 35.2 Å². The van der Waals surface area contributed by atoms with Gasteiger partial charge in [0.15, 0.2) is 0 Å². The van der Waals surface area contributed by atoms with Crippen molar-refractivity contribution in [1.82, 2.24) is 0 Å². The third kappa shape index (κ3) is 2.76. The summed E-state index contributed by atoms with van der Waals surface area (Å²) in [6, 6.07) is 8.12. The third-order valence-corrected chi connectivity index (χ3v) is 3.15. The summed E-state index contributed by atoms with van der Waals surface area (Å²) in [5, 5.41) is 0. The van der Waals surface area contributed by atoms with Gasteiger partial charge in [0.1, 0.15) is 5.75 Å². The van der Waals surface area contributed by atoms with E-state index in [0.717, 1.165) is 37.2 Å². The lowest BCUT2D eigenvalue weighted by Gasteiger charge is -2.29. The van der Waals surface area contributed by atoms with Crippen LogP contribution >= 0.6 is 0 Å². The first kappa shape index (κ1) is 13.0. The molecular weight excluding hydrogens is 198 g/mol. The van der Waals surface area contributed by atoms with Crippen LogP contribution < -0.4 is 10.5 Å². The highest BCUT2D eigenvalue weighted by Crippen LogP contribution is 2.32. The van der Waals surface area contributed by atoms with Crippen molar-refractivity contribution in [3.05, 3.63) is 29.8 Å². The van der Waals surface area contributed by atoms with Crippen molar-refractivity contribution < 1.29 is 4.74 Å². The van der Waals surface area contributed by atoms with E-state index in [9.17, 15) is 0 Å². The summed E-state index contributed by atoms with van der Waals surface area (Å²) in [7, 11) is 0. The molecule has 1 aromatic carbocycles. The van der Waals surface area contributed by atoms with E-state index in [2.05, 4.69) is 26.8 Å². The van der Waals surface area contributed by atoms with Gasteiger partial charge in [-0.05, 0) is 25.3 Å². The van der Waals surface area contributed by atoms with Gasteiger partial charge in [0.05, 0.1) is 6.61 Å². The lowest BCUT2D eigenvalue weighted by Crippen LogP contribution is -2.35. The van der Waals surface area contributed by atoms with Gasteiger partial charge >= 0.3 is 0 Å². The molecule has 1 aromatic rings. The first-order chi connectivity index (χ1) is 7.68. The van der Waals surface area contributed by atoms with Crippen molar-refractivity contribution >= 4 is 0 Å². The van der Waals surface area contributed by atoms with Crippen molar-refractivity contribution in [2.24, 2.45) is 5.73 Å². The average Bonchev–Trinajstić information content (AvgIpc) is 2.35. The smallest absolute Gasteiger partial charge is 0.124 e. The van der Waals surface area contributed by atoms with Gasteiger partial charge < -0.3 is 10.5 Å². The predicted octanol–water partition coefficient (Wildman–Crippen LogP) is 3.45. The predicted molar refractivity (Wildman–Crippen MR) is 68.7 cm³/mol. The summed E-state index contributed by atoms with van der Waals surface area (Å²) in [6.45, 7) is 7.11. The van der Waals surface area contributed by atoms with E-state index < -0.39 is 0 Å². The number of hydrogen-bond donors (Lipinski definition) is 1. The molecule has 16 heavy (non-hydrogen) atoms. The van der Waals surface area contributed by atoms with Crippen LogP contribution in [0.4, 0.5) is 0 Å². The Bertz CT molecular complexity index is 318. The highest BCUT2D eigenvalue weighted by Gasteiger charge is 2.26. The molecule has 2 heteroatoms. The maximum absolute atomic E-state index is 6.41. The van der Waals surface area contributed by atoms with Crippen LogP contribution in [0.5, 0.6) is 5.75 Å². The summed E-state index contributed by atoms with van der Waals surface area (Å²) in [6.07, 6.45) is 2.87. The molecule has 0 unspecified atom stereocenters. The Labute approximate surface area is 98.8 Å². The molecule has 0 saturated heterocycles. The molecule has 0 saturated carbocycles.